The number of methoxy groups -OCH3 is 1. The summed E-state index contributed by atoms with van der Waals surface area (Å²) >= 11 is 1.79. The fourth-order valence-electron chi connectivity index (χ4n) is 2.40. The molecule has 0 saturated heterocycles. The van der Waals surface area contributed by atoms with Crippen LogP contribution in [-0.4, -0.2) is 57.2 Å². The number of hydrogen-bond acceptors (Lipinski definition) is 4. The molecular weight excluding hydrogens is 427 g/mol. The van der Waals surface area contributed by atoms with Crippen LogP contribution in [0.5, 0.6) is 0 Å². The fourth-order valence-corrected chi connectivity index (χ4v) is 3.29. The third-order valence-electron chi connectivity index (χ3n) is 3.61. The first kappa shape index (κ1) is 20.2. The molecule has 0 unspecified atom stereocenters. The summed E-state index contributed by atoms with van der Waals surface area (Å²) in [6.07, 6.45) is 1.46. The first-order valence-electron chi connectivity index (χ1n) is 7.51. The molecule has 130 valence electrons. The highest BCUT2D eigenvalue weighted by atomic mass is 127. The molecule has 23 heavy (non-hydrogen) atoms. The minimum absolute atomic E-state index is 0. The molecule has 0 bridgehead atoms. The van der Waals surface area contributed by atoms with Gasteiger partial charge in [0.25, 0.3) is 0 Å². The number of nitrogens with zero attached hydrogens (tertiary/aromatic N) is 2. The lowest BCUT2D eigenvalue weighted by Crippen LogP contribution is -2.41. The molecule has 0 atom stereocenters. The van der Waals surface area contributed by atoms with Crippen molar-refractivity contribution in [3.05, 3.63) is 21.9 Å². The molecule has 1 aromatic rings. The largest absolute Gasteiger partial charge is 0.383 e. The van der Waals surface area contributed by atoms with Gasteiger partial charge in [0, 0.05) is 51.6 Å². The number of aliphatic imine (C=N–C) groups is 1. The summed E-state index contributed by atoms with van der Waals surface area (Å²) in [5.74, 6) is 0.889. The van der Waals surface area contributed by atoms with Crippen LogP contribution in [0.25, 0.3) is 0 Å². The Labute approximate surface area is 158 Å². The molecule has 2 N–H and O–H groups in total. The van der Waals surface area contributed by atoms with Gasteiger partial charge in [0.15, 0.2) is 5.96 Å². The number of carbonyl (C=O) groups excluding carboxylic acids is 1. The Morgan fingerprint density at radius 3 is 2.96 bits per heavy atom. The smallest absolute Gasteiger partial charge is 0.224 e. The van der Waals surface area contributed by atoms with Gasteiger partial charge in [0.2, 0.25) is 5.91 Å². The zero-order valence-corrected chi connectivity index (χ0v) is 16.8. The van der Waals surface area contributed by atoms with Crippen LogP contribution in [-0.2, 0) is 22.5 Å². The van der Waals surface area contributed by atoms with Crippen LogP contribution in [0.1, 0.15) is 16.9 Å². The van der Waals surface area contributed by atoms with Gasteiger partial charge in [0.1, 0.15) is 0 Å². The molecule has 2 heterocycles. The monoisotopic (exact) mass is 452 g/mol. The predicted molar refractivity (Wildman–Crippen MR) is 105 cm³/mol. The normalized spacial score (nSPS) is 14.0. The molecule has 8 heteroatoms. The lowest BCUT2D eigenvalue weighted by atomic mass is 10.1. The molecule has 1 aliphatic heterocycles. The van der Waals surface area contributed by atoms with Crippen molar-refractivity contribution in [2.45, 2.75) is 19.4 Å². The Balaban J connectivity index is 0.00000264. The maximum atomic E-state index is 12.3. The number of nitrogens with one attached hydrogen (secondary N) is 2. The fraction of sp³-hybridized carbons (Fsp3) is 0.600. The molecule has 0 radical (unpaired) electrons. The molecule has 0 saturated carbocycles. The maximum absolute atomic E-state index is 12.3. The lowest BCUT2D eigenvalue weighted by Gasteiger charge is -2.27. The second-order valence-corrected chi connectivity index (χ2v) is 6.10. The van der Waals surface area contributed by atoms with Crippen molar-refractivity contribution >= 4 is 47.2 Å². The second kappa shape index (κ2) is 10.8. The van der Waals surface area contributed by atoms with E-state index in [4.69, 9.17) is 4.74 Å². The standard InChI is InChI=1S/C15H24N4O2S.HI/c1-16-15(18-7-9-21-2)17-6-3-14(20)19-8-4-13-12(11-19)5-10-22-13;/h5,10H,3-4,6-9,11H2,1-2H3,(H2,16,17,18);1H. The van der Waals surface area contributed by atoms with Crippen molar-refractivity contribution in [3.63, 3.8) is 0 Å². The first-order chi connectivity index (χ1) is 10.7. The molecule has 1 amide bonds. The molecular formula is C15H25IN4O2S. The number of amides is 1. The highest BCUT2D eigenvalue weighted by Crippen LogP contribution is 2.24. The highest BCUT2D eigenvalue weighted by Gasteiger charge is 2.20. The number of thiophene rings is 1. The van der Waals surface area contributed by atoms with Crippen LogP contribution in [0.15, 0.2) is 16.4 Å². The van der Waals surface area contributed by atoms with Crippen LogP contribution in [0.3, 0.4) is 0 Å². The van der Waals surface area contributed by atoms with Crippen molar-refractivity contribution in [3.8, 4) is 0 Å². The highest BCUT2D eigenvalue weighted by molar-refractivity contribution is 14.0. The molecule has 0 spiro atoms. The lowest BCUT2D eigenvalue weighted by molar-refractivity contribution is -0.131. The van der Waals surface area contributed by atoms with E-state index in [1.165, 1.54) is 10.4 Å². The summed E-state index contributed by atoms with van der Waals surface area (Å²) in [6.45, 7) is 3.47. The number of fused-ring (bicyclic) bond motifs is 1. The van der Waals surface area contributed by atoms with Crippen LogP contribution in [0.4, 0.5) is 0 Å². The van der Waals surface area contributed by atoms with E-state index in [0.29, 0.717) is 32.1 Å². The summed E-state index contributed by atoms with van der Waals surface area (Å²) in [6, 6.07) is 2.12. The summed E-state index contributed by atoms with van der Waals surface area (Å²) < 4.78 is 4.98. The van der Waals surface area contributed by atoms with Crippen molar-refractivity contribution in [2.75, 3.05) is 40.4 Å². The summed E-state index contributed by atoms with van der Waals surface area (Å²) in [7, 11) is 3.38. The molecule has 0 aliphatic carbocycles. The van der Waals surface area contributed by atoms with Crippen molar-refractivity contribution in [1.29, 1.82) is 0 Å². The third kappa shape index (κ3) is 6.27. The van der Waals surface area contributed by atoms with E-state index in [0.717, 1.165) is 19.5 Å². The summed E-state index contributed by atoms with van der Waals surface area (Å²) in [5.41, 5.74) is 1.30. The van der Waals surface area contributed by atoms with Crippen LogP contribution >= 0.6 is 35.3 Å². The van der Waals surface area contributed by atoms with Gasteiger partial charge in [-0.1, -0.05) is 0 Å². The topological polar surface area (TPSA) is 66.0 Å². The van der Waals surface area contributed by atoms with Gasteiger partial charge in [-0.3, -0.25) is 9.79 Å². The number of carbonyl (C=O) groups is 1. The Hall–Kier alpha value is -0.870. The van der Waals surface area contributed by atoms with E-state index in [1.54, 1.807) is 25.5 Å². The van der Waals surface area contributed by atoms with Gasteiger partial charge >= 0.3 is 0 Å². The first-order valence-corrected chi connectivity index (χ1v) is 8.39. The van der Waals surface area contributed by atoms with Crippen LogP contribution in [0, 0.1) is 0 Å². The van der Waals surface area contributed by atoms with E-state index in [1.807, 2.05) is 4.90 Å². The molecule has 0 aromatic carbocycles. The molecule has 1 aliphatic rings. The van der Waals surface area contributed by atoms with Gasteiger partial charge in [-0.25, -0.2) is 0 Å². The van der Waals surface area contributed by atoms with E-state index in [2.05, 4.69) is 27.1 Å². The predicted octanol–water partition coefficient (Wildman–Crippen LogP) is 1.45. The van der Waals surface area contributed by atoms with Gasteiger partial charge in [0.05, 0.1) is 6.61 Å². The molecule has 0 fully saturated rings. The average Bonchev–Trinajstić information content (AvgIpc) is 3.00. The van der Waals surface area contributed by atoms with E-state index < -0.39 is 0 Å². The number of hydrogen-bond donors (Lipinski definition) is 2. The minimum atomic E-state index is 0. The number of rotatable bonds is 6. The van der Waals surface area contributed by atoms with E-state index in [-0.39, 0.29) is 29.9 Å². The average molecular weight is 452 g/mol. The van der Waals surface area contributed by atoms with Gasteiger partial charge in [-0.2, -0.15) is 0 Å². The Bertz CT molecular complexity index is 521. The zero-order valence-electron chi connectivity index (χ0n) is 13.6. The van der Waals surface area contributed by atoms with Crippen molar-refractivity contribution in [2.24, 2.45) is 4.99 Å². The summed E-state index contributed by atoms with van der Waals surface area (Å²) in [4.78, 5) is 19.7. The maximum Gasteiger partial charge on any atom is 0.224 e. The van der Waals surface area contributed by atoms with E-state index in [9.17, 15) is 4.79 Å². The number of ether oxygens (including phenoxy) is 1. The van der Waals surface area contributed by atoms with E-state index >= 15 is 0 Å². The van der Waals surface area contributed by atoms with Crippen LogP contribution < -0.4 is 10.6 Å². The number of halogens is 1. The second-order valence-electron chi connectivity index (χ2n) is 5.10. The van der Waals surface area contributed by atoms with Crippen molar-refractivity contribution in [1.82, 2.24) is 15.5 Å². The molecule has 1 aromatic heterocycles. The zero-order chi connectivity index (χ0) is 15.8. The van der Waals surface area contributed by atoms with Crippen LogP contribution in [0.2, 0.25) is 0 Å². The number of guanidine groups is 1. The molecule has 2 rings (SSSR count). The van der Waals surface area contributed by atoms with Crippen molar-refractivity contribution < 1.29 is 9.53 Å². The van der Waals surface area contributed by atoms with Gasteiger partial charge in [-0.05, 0) is 23.4 Å². The quantitative estimate of drug-likeness (QED) is 0.297. The Morgan fingerprint density at radius 1 is 1.43 bits per heavy atom. The SMILES string of the molecule is CN=C(NCCOC)NCCC(=O)N1CCc2sccc2C1.I. The van der Waals surface area contributed by atoms with Gasteiger partial charge < -0.3 is 20.3 Å². The Kier molecular flexibility index (Phi) is 9.49. The Morgan fingerprint density at radius 2 is 2.22 bits per heavy atom. The third-order valence-corrected chi connectivity index (χ3v) is 4.64. The molecule has 6 nitrogen and oxygen atoms in total. The summed E-state index contributed by atoms with van der Waals surface area (Å²) in [5, 5.41) is 8.38. The van der Waals surface area contributed by atoms with Gasteiger partial charge in [-0.15, -0.1) is 35.3 Å². The minimum Gasteiger partial charge on any atom is -0.383 e.